The van der Waals surface area contributed by atoms with E-state index in [0.29, 0.717) is 28.5 Å². The monoisotopic (exact) mass is 390 g/mol. The number of aromatic nitrogens is 1. The zero-order valence-corrected chi connectivity index (χ0v) is 16.4. The molecule has 0 saturated carbocycles. The smallest absolute Gasteiger partial charge is 0.255 e. The van der Waals surface area contributed by atoms with Gasteiger partial charge in [-0.25, -0.2) is 4.98 Å². The largest absolute Gasteiger partial charge is 0.495 e. The van der Waals surface area contributed by atoms with E-state index in [2.05, 4.69) is 20.9 Å². The van der Waals surface area contributed by atoms with Crippen LogP contribution in [0.15, 0.2) is 60.8 Å². The molecular weight excluding hydrogens is 368 g/mol. The number of ether oxygens (including phenoxy) is 1. The molecule has 0 atom stereocenters. The summed E-state index contributed by atoms with van der Waals surface area (Å²) in [6, 6.07) is 16.1. The van der Waals surface area contributed by atoms with E-state index in [-0.39, 0.29) is 11.8 Å². The zero-order chi connectivity index (χ0) is 20.8. The molecule has 0 fully saturated rings. The minimum atomic E-state index is -0.264. The molecule has 2 aromatic carbocycles. The third kappa shape index (κ3) is 5.32. The zero-order valence-electron chi connectivity index (χ0n) is 16.4. The summed E-state index contributed by atoms with van der Waals surface area (Å²) < 4.78 is 5.31. The topological polar surface area (TPSA) is 92.3 Å². The molecule has 0 unspecified atom stereocenters. The van der Waals surface area contributed by atoms with Crippen LogP contribution < -0.4 is 20.7 Å². The molecule has 0 aliphatic rings. The van der Waals surface area contributed by atoms with Crippen molar-refractivity contribution in [3.8, 4) is 5.75 Å². The molecule has 3 N–H and O–H groups in total. The van der Waals surface area contributed by atoms with Crippen molar-refractivity contribution in [3.63, 3.8) is 0 Å². The molecule has 29 heavy (non-hydrogen) atoms. The number of methoxy groups -OCH3 is 1. The van der Waals surface area contributed by atoms with E-state index in [1.54, 1.807) is 37.6 Å². The summed E-state index contributed by atoms with van der Waals surface area (Å²) in [5, 5.41) is 8.73. The van der Waals surface area contributed by atoms with Crippen molar-refractivity contribution < 1.29 is 14.3 Å². The summed E-state index contributed by atoms with van der Waals surface area (Å²) in [7, 11) is 1.56. The first-order valence-electron chi connectivity index (χ1n) is 9.01. The van der Waals surface area contributed by atoms with Gasteiger partial charge in [0.2, 0.25) is 5.91 Å². The maximum Gasteiger partial charge on any atom is 0.255 e. The van der Waals surface area contributed by atoms with E-state index < -0.39 is 0 Å². The molecule has 0 aliphatic carbocycles. The minimum absolute atomic E-state index is 0.128. The Hall–Kier alpha value is -3.87. The molecule has 0 saturated heterocycles. The highest BCUT2D eigenvalue weighted by atomic mass is 16.5. The van der Waals surface area contributed by atoms with Crippen molar-refractivity contribution in [2.45, 2.75) is 13.8 Å². The Morgan fingerprint density at radius 1 is 0.931 bits per heavy atom. The standard InChI is InChI=1S/C22H22N4O3/c1-14-4-9-20(29-3)19(12-14)26-22(28)16-10-11-23-21(13-16)25-18-7-5-17(6-8-18)24-15(2)27/h4-13H,1-3H3,(H,23,25)(H,24,27)(H,26,28). The number of hydrogen-bond donors (Lipinski definition) is 3. The number of pyridine rings is 1. The molecule has 7 nitrogen and oxygen atoms in total. The predicted octanol–water partition coefficient (Wildman–Crippen LogP) is 4.35. The molecule has 1 heterocycles. The average molecular weight is 390 g/mol. The molecule has 2 amide bonds. The summed E-state index contributed by atoms with van der Waals surface area (Å²) in [5.41, 5.74) is 3.57. The molecule has 0 aliphatic heterocycles. The van der Waals surface area contributed by atoms with E-state index in [1.165, 1.54) is 6.92 Å². The van der Waals surface area contributed by atoms with Crippen molar-refractivity contribution in [3.05, 3.63) is 71.9 Å². The van der Waals surface area contributed by atoms with Crippen molar-refractivity contribution >= 4 is 34.7 Å². The summed E-state index contributed by atoms with van der Waals surface area (Å²) in [6.07, 6.45) is 1.57. The predicted molar refractivity (Wildman–Crippen MR) is 114 cm³/mol. The number of nitrogens with one attached hydrogen (secondary N) is 3. The fourth-order valence-electron chi connectivity index (χ4n) is 2.74. The van der Waals surface area contributed by atoms with Gasteiger partial charge in [-0.1, -0.05) is 6.07 Å². The number of rotatable bonds is 6. The highest BCUT2D eigenvalue weighted by molar-refractivity contribution is 6.05. The van der Waals surface area contributed by atoms with Crippen LogP contribution in [0.3, 0.4) is 0 Å². The minimum Gasteiger partial charge on any atom is -0.495 e. The Bertz CT molecular complexity index is 1030. The van der Waals surface area contributed by atoms with Gasteiger partial charge in [0.1, 0.15) is 11.6 Å². The fraction of sp³-hybridized carbons (Fsp3) is 0.136. The van der Waals surface area contributed by atoms with Gasteiger partial charge < -0.3 is 20.7 Å². The lowest BCUT2D eigenvalue weighted by molar-refractivity contribution is -0.114. The highest BCUT2D eigenvalue weighted by Crippen LogP contribution is 2.26. The molecule has 3 rings (SSSR count). The van der Waals surface area contributed by atoms with E-state index in [0.717, 1.165) is 11.3 Å². The fourth-order valence-corrected chi connectivity index (χ4v) is 2.74. The average Bonchev–Trinajstić information content (AvgIpc) is 2.69. The lowest BCUT2D eigenvalue weighted by atomic mass is 10.2. The third-order valence-corrected chi connectivity index (χ3v) is 4.10. The number of carbonyl (C=O) groups is 2. The first kappa shape index (κ1) is 19.9. The first-order valence-corrected chi connectivity index (χ1v) is 9.01. The number of nitrogens with zero attached hydrogens (tertiary/aromatic N) is 1. The highest BCUT2D eigenvalue weighted by Gasteiger charge is 2.11. The maximum atomic E-state index is 12.7. The van der Waals surface area contributed by atoms with Crippen LogP contribution in [-0.2, 0) is 4.79 Å². The van der Waals surface area contributed by atoms with Gasteiger partial charge in [0.15, 0.2) is 0 Å². The second-order valence-corrected chi connectivity index (χ2v) is 6.47. The van der Waals surface area contributed by atoms with E-state index >= 15 is 0 Å². The van der Waals surface area contributed by atoms with Crippen molar-refractivity contribution in [2.75, 3.05) is 23.1 Å². The summed E-state index contributed by atoms with van der Waals surface area (Å²) in [5.74, 6) is 0.730. The van der Waals surface area contributed by atoms with Gasteiger partial charge in [-0.15, -0.1) is 0 Å². The van der Waals surface area contributed by atoms with Gasteiger partial charge in [-0.05, 0) is 61.0 Å². The van der Waals surface area contributed by atoms with Gasteiger partial charge in [-0.3, -0.25) is 9.59 Å². The quantitative estimate of drug-likeness (QED) is 0.582. The number of benzene rings is 2. The normalized spacial score (nSPS) is 10.2. The van der Waals surface area contributed by atoms with E-state index in [4.69, 9.17) is 4.74 Å². The number of aryl methyl sites for hydroxylation is 1. The molecule has 7 heteroatoms. The SMILES string of the molecule is COc1ccc(C)cc1NC(=O)c1ccnc(Nc2ccc(NC(C)=O)cc2)c1. The van der Waals surface area contributed by atoms with E-state index in [1.807, 2.05) is 37.3 Å². The van der Waals surface area contributed by atoms with Crippen LogP contribution in [0.4, 0.5) is 22.9 Å². The van der Waals surface area contributed by atoms with Crippen LogP contribution in [0.5, 0.6) is 5.75 Å². The Labute approximate surface area is 169 Å². The Balaban J connectivity index is 1.73. The molecular formula is C22H22N4O3. The molecule has 1 aromatic heterocycles. The van der Waals surface area contributed by atoms with Crippen LogP contribution in [0, 0.1) is 6.92 Å². The van der Waals surface area contributed by atoms with Crippen molar-refractivity contribution in [2.24, 2.45) is 0 Å². The summed E-state index contributed by atoms with van der Waals surface area (Å²) in [4.78, 5) is 28.0. The summed E-state index contributed by atoms with van der Waals surface area (Å²) >= 11 is 0. The van der Waals surface area contributed by atoms with Crippen molar-refractivity contribution in [1.29, 1.82) is 0 Å². The maximum absolute atomic E-state index is 12.7. The number of anilines is 4. The summed E-state index contributed by atoms with van der Waals surface area (Å²) in [6.45, 7) is 3.40. The molecule has 0 spiro atoms. The van der Waals surface area contributed by atoms with Crippen LogP contribution in [0.2, 0.25) is 0 Å². The van der Waals surface area contributed by atoms with Crippen LogP contribution in [0.1, 0.15) is 22.8 Å². The first-order chi connectivity index (χ1) is 13.9. The van der Waals surface area contributed by atoms with Crippen LogP contribution >= 0.6 is 0 Å². The van der Waals surface area contributed by atoms with Gasteiger partial charge in [0.25, 0.3) is 5.91 Å². The Morgan fingerprint density at radius 3 is 2.34 bits per heavy atom. The second-order valence-electron chi connectivity index (χ2n) is 6.47. The lowest BCUT2D eigenvalue weighted by Gasteiger charge is -2.12. The molecule has 148 valence electrons. The van der Waals surface area contributed by atoms with Gasteiger partial charge in [0.05, 0.1) is 12.8 Å². The number of hydrogen-bond acceptors (Lipinski definition) is 5. The van der Waals surface area contributed by atoms with Gasteiger partial charge in [-0.2, -0.15) is 0 Å². The lowest BCUT2D eigenvalue weighted by Crippen LogP contribution is -2.13. The van der Waals surface area contributed by atoms with Crippen LogP contribution in [0.25, 0.3) is 0 Å². The molecule has 0 bridgehead atoms. The van der Waals surface area contributed by atoms with Crippen LogP contribution in [-0.4, -0.2) is 23.9 Å². The molecule has 0 radical (unpaired) electrons. The Morgan fingerprint density at radius 2 is 1.66 bits per heavy atom. The number of carbonyl (C=O) groups excluding carboxylic acids is 2. The van der Waals surface area contributed by atoms with Gasteiger partial charge in [0, 0.05) is 30.1 Å². The second kappa shape index (κ2) is 8.88. The Kier molecular flexibility index (Phi) is 6.09. The molecule has 3 aromatic rings. The third-order valence-electron chi connectivity index (χ3n) is 4.10. The van der Waals surface area contributed by atoms with Gasteiger partial charge >= 0.3 is 0 Å². The number of amides is 2. The van der Waals surface area contributed by atoms with Crippen molar-refractivity contribution in [1.82, 2.24) is 4.98 Å². The van der Waals surface area contributed by atoms with E-state index in [9.17, 15) is 9.59 Å².